The van der Waals surface area contributed by atoms with Gasteiger partial charge in [0.2, 0.25) is 0 Å². The third-order valence-corrected chi connectivity index (χ3v) is 10.8. The number of carbonyl (C=O) groups is 2. The van der Waals surface area contributed by atoms with Crippen LogP contribution in [-0.4, -0.2) is 70.0 Å². The third kappa shape index (κ3) is 43.6. The second-order valence-electron chi connectivity index (χ2n) is 16.8. The summed E-state index contributed by atoms with van der Waals surface area (Å²) in [5.41, 5.74) is 0. The lowest BCUT2D eigenvalue weighted by atomic mass is 10.1. The van der Waals surface area contributed by atoms with Crippen molar-refractivity contribution in [3.8, 4) is 0 Å². The van der Waals surface area contributed by atoms with Crippen molar-refractivity contribution in [3.63, 3.8) is 0 Å². The Labute approximate surface area is 351 Å². The van der Waals surface area contributed by atoms with Gasteiger partial charge < -0.3 is 27.9 Å². The van der Waals surface area contributed by atoms with Crippen LogP contribution in [0.25, 0.3) is 0 Å². The maximum atomic E-state index is 12.7. The highest BCUT2D eigenvalue weighted by molar-refractivity contribution is 7.45. The molecule has 0 saturated carbocycles. The van der Waals surface area contributed by atoms with Gasteiger partial charge in [-0.1, -0.05) is 153 Å². The van der Waals surface area contributed by atoms with Gasteiger partial charge in [0.25, 0.3) is 7.82 Å². The van der Waals surface area contributed by atoms with E-state index in [1.807, 2.05) is 21.1 Å². The van der Waals surface area contributed by atoms with Gasteiger partial charge in [0.05, 0.1) is 27.7 Å². The molecule has 0 heterocycles. The lowest BCUT2D eigenvalue weighted by Crippen LogP contribution is -2.37. The van der Waals surface area contributed by atoms with Crippen LogP contribution >= 0.6 is 7.82 Å². The summed E-state index contributed by atoms with van der Waals surface area (Å²) < 4.78 is 33.9. The Morgan fingerprint density at radius 1 is 0.544 bits per heavy atom. The summed E-state index contributed by atoms with van der Waals surface area (Å²) in [5, 5.41) is 0. The topological polar surface area (TPSA) is 111 Å². The first-order valence-electron chi connectivity index (χ1n) is 23.2. The van der Waals surface area contributed by atoms with Crippen molar-refractivity contribution in [2.45, 2.75) is 206 Å². The van der Waals surface area contributed by atoms with Gasteiger partial charge in [0, 0.05) is 12.8 Å². The standard InChI is InChI=1S/C47H88NO8P/c1-6-8-10-12-14-16-18-20-22-24-26-28-30-32-34-36-38-40-47(50)56-45(44-55-57(51,52)54-42-41-48(3,4)5)43-53-46(49)39-37-35-33-31-29-27-25-23-21-19-17-15-13-11-9-7-2/h14,16,20,22-23,25,45H,6-13,15,17-19,21,24,26-44H2,1-5H3/b16-14-,22-20-,25-23-. The van der Waals surface area contributed by atoms with E-state index in [9.17, 15) is 19.0 Å². The molecule has 0 N–H and O–H groups in total. The van der Waals surface area contributed by atoms with Crippen molar-refractivity contribution in [1.82, 2.24) is 0 Å². The van der Waals surface area contributed by atoms with E-state index in [0.29, 0.717) is 17.4 Å². The number of quaternary nitrogens is 1. The largest absolute Gasteiger partial charge is 0.756 e. The van der Waals surface area contributed by atoms with Gasteiger partial charge in [-0.15, -0.1) is 0 Å². The number of esters is 2. The molecule has 0 aromatic rings. The number of likely N-dealkylation sites (N-methyl/N-ethyl adjacent to an activating group) is 1. The molecule has 0 radical (unpaired) electrons. The molecule has 0 bridgehead atoms. The van der Waals surface area contributed by atoms with Gasteiger partial charge in [0.1, 0.15) is 19.8 Å². The Morgan fingerprint density at radius 2 is 0.947 bits per heavy atom. The Bertz CT molecular complexity index is 1070. The highest BCUT2D eigenvalue weighted by Crippen LogP contribution is 2.38. The van der Waals surface area contributed by atoms with Crippen LogP contribution in [0.5, 0.6) is 0 Å². The van der Waals surface area contributed by atoms with E-state index >= 15 is 0 Å². The molecule has 0 aliphatic rings. The van der Waals surface area contributed by atoms with Crippen LogP contribution in [0.2, 0.25) is 0 Å². The fourth-order valence-corrected chi connectivity index (χ4v) is 6.94. The first kappa shape index (κ1) is 55.2. The van der Waals surface area contributed by atoms with E-state index in [1.165, 1.54) is 96.3 Å². The number of ether oxygens (including phenoxy) is 2. The van der Waals surface area contributed by atoms with Crippen LogP contribution in [-0.2, 0) is 32.7 Å². The number of carbonyl (C=O) groups excluding carboxylic acids is 2. The van der Waals surface area contributed by atoms with Crippen LogP contribution in [0.1, 0.15) is 200 Å². The zero-order chi connectivity index (χ0) is 42.1. The molecular weight excluding hydrogens is 737 g/mol. The molecule has 0 aliphatic carbocycles. The Kier molecular flexibility index (Phi) is 38.4. The minimum Gasteiger partial charge on any atom is -0.756 e. The van der Waals surface area contributed by atoms with Crippen LogP contribution in [0.15, 0.2) is 36.5 Å². The van der Waals surface area contributed by atoms with E-state index in [1.54, 1.807) is 0 Å². The molecule has 0 rings (SSSR count). The third-order valence-electron chi connectivity index (χ3n) is 9.88. The fraction of sp³-hybridized carbons (Fsp3) is 0.830. The van der Waals surface area contributed by atoms with Gasteiger partial charge in [-0.3, -0.25) is 14.2 Å². The van der Waals surface area contributed by atoms with Crippen molar-refractivity contribution < 1.29 is 42.1 Å². The van der Waals surface area contributed by atoms with Crippen molar-refractivity contribution in [2.24, 2.45) is 0 Å². The number of phosphoric acid groups is 1. The predicted octanol–water partition coefficient (Wildman–Crippen LogP) is 12.7. The lowest BCUT2D eigenvalue weighted by molar-refractivity contribution is -0.870. The molecule has 2 atom stereocenters. The molecule has 57 heavy (non-hydrogen) atoms. The zero-order valence-corrected chi connectivity index (χ0v) is 38.4. The molecule has 0 aromatic heterocycles. The van der Waals surface area contributed by atoms with E-state index in [0.717, 1.165) is 70.6 Å². The van der Waals surface area contributed by atoms with E-state index in [-0.39, 0.29) is 26.1 Å². The molecular formula is C47H88NO8P. The first-order chi connectivity index (χ1) is 27.5. The Balaban J connectivity index is 4.35. The van der Waals surface area contributed by atoms with Crippen LogP contribution < -0.4 is 4.89 Å². The average molecular weight is 826 g/mol. The summed E-state index contributed by atoms with van der Waals surface area (Å²) in [4.78, 5) is 37.6. The van der Waals surface area contributed by atoms with Crippen molar-refractivity contribution in [1.29, 1.82) is 0 Å². The smallest absolute Gasteiger partial charge is 0.306 e. The second-order valence-corrected chi connectivity index (χ2v) is 18.2. The monoisotopic (exact) mass is 826 g/mol. The molecule has 0 fully saturated rings. The molecule has 334 valence electrons. The number of phosphoric ester groups is 1. The van der Waals surface area contributed by atoms with Crippen LogP contribution in [0.3, 0.4) is 0 Å². The predicted molar refractivity (Wildman–Crippen MR) is 236 cm³/mol. The molecule has 0 aliphatic heterocycles. The van der Waals surface area contributed by atoms with Crippen molar-refractivity contribution in [3.05, 3.63) is 36.5 Å². The first-order valence-corrected chi connectivity index (χ1v) is 24.7. The average Bonchev–Trinajstić information content (AvgIpc) is 3.16. The number of hydrogen-bond donors (Lipinski definition) is 0. The summed E-state index contributed by atoms with van der Waals surface area (Å²) in [7, 11) is 1.16. The van der Waals surface area contributed by atoms with E-state index < -0.39 is 32.5 Å². The minimum absolute atomic E-state index is 0.0338. The maximum Gasteiger partial charge on any atom is 0.306 e. The van der Waals surface area contributed by atoms with Gasteiger partial charge >= 0.3 is 11.9 Å². The van der Waals surface area contributed by atoms with Crippen molar-refractivity contribution in [2.75, 3.05) is 47.5 Å². The quantitative estimate of drug-likeness (QED) is 0.0197. The summed E-state index contributed by atoms with van der Waals surface area (Å²) in [6.45, 7) is 4.19. The Morgan fingerprint density at radius 3 is 1.44 bits per heavy atom. The molecule has 0 amide bonds. The normalized spacial score (nSPS) is 13.9. The summed E-state index contributed by atoms with van der Waals surface area (Å²) in [6.07, 6.45) is 44.5. The highest BCUT2D eigenvalue weighted by atomic mass is 31.2. The highest BCUT2D eigenvalue weighted by Gasteiger charge is 2.21. The van der Waals surface area contributed by atoms with E-state index in [2.05, 4.69) is 50.3 Å². The van der Waals surface area contributed by atoms with Gasteiger partial charge in [-0.25, -0.2) is 0 Å². The number of rotatable bonds is 42. The van der Waals surface area contributed by atoms with Crippen molar-refractivity contribution >= 4 is 19.8 Å². The number of unbranched alkanes of at least 4 members (excludes halogenated alkanes) is 22. The maximum absolute atomic E-state index is 12.7. The van der Waals surface area contributed by atoms with Gasteiger partial charge in [0.15, 0.2) is 6.10 Å². The van der Waals surface area contributed by atoms with Gasteiger partial charge in [-0.2, -0.15) is 0 Å². The fourth-order valence-electron chi connectivity index (χ4n) is 6.21. The number of nitrogens with zero attached hydrogens (tertiary/aromatic N) is 1. The molecule has 10 heteroatoms. The summed E-state index contributed by atoms with van der Waals surface area (Å²) in [5.74, 6) is -0.850. The summed E-state index contributed by atoms with van der Waals surface area (Å²) >= 11 is 0. The van der Waals surface area contributed by atoms with E-state index in [4.69, 9.17) is 18.5 Å². The lowest BCUT2D eigenvalue weighted by Gasteiger charge is -2.28. The summed E-state index contributed by atoms with van der Waals surface area (Å²) in [6, 6.07) is 0. The zero-order valence-electron chi connectivity index (χ0n) is 37.5. The second kappa shape index (κ2) is 39.7. The Hall–Kier alpha value is -1.77. The molecule has 0 aromatic carbocycles. The molecule has 0 saturated heterocycles. The molecule has 2 unspecified atom stereocenters. The molecule has 0 spiro atoms. The number of hydrogen-bond acceptors (Lipinski definition) is 8. The van der Waals surface area contributed by atoms with Gasteiger partial charge in [-0.05, 0) is 70.6 Å². The SMILES string of the molecule is CCCCC/C=C\C/C=C\CCCCCCCCCC(=O)OC(COC(=O)CCCCCCC/C=C\CCCCCCCCC)COP(=O)([O-])OCC[N+](C)(C)C. The minimum atomic E-state index is -4.63. The molecule has 9 nitrogen and oxygen atoms in total. The number of allylic oxidation sites excluding steroid dienone is 6. The van der Waals surface area contributed by atoms with Crippen LogP contribution in [0.4, 0.5) is 0 Å². The van der Waals surface area contributed by atoms with Crippen LogP contribution in [0, 0.1) is 0 Å².